The number of anilines is 2. The number of nitrogens with one attached hydrogen (secondary N) is 4. The lowest BCUT2D eigenvalue weighted by atomic mass is 10.0. The van der Waals surface area contributed by atoms with Crippen molar-refractivity contribution in [2.75, 3.05) is 23.7 Å². The van der Waals surface area contributed by atoms with Crippen LogP contribution < -0.4 is 16.0 Å². The number of likely N-dealkylation sites (tertiary alicyclic amines) is 1. The molecule has 3 aliphatic heterocycles. The average molecular weight is 743 g/mol. The fourth-order valence-corrected chi connectivity index (χ4v) is 7.63. The van der Waals surface area contributed by atoms with E-state index in [1.807, 2.05) is 36.5 Å². The van der Waals surface area contributed by atoms with Gasteiger partial charge in [0.1, 0.15) is 17.6 Å². The van der Waals surface area contributed by atoms with Crippen molar-refractivity contribution in [2.45, 2.75) is 77.0 Å². The first kappa shape index (κ1) is 35.8. The van der Waals surface area contributed by atoms with Crippen molar-refractivity contribution in [3.63, 3.8) is 0 Å². The van der Waals surface area contributed by atoms with E-state index in [4.69, 9.17) is 4.98 Å². The highest BCUT2D eigenvalue weighted by atomic mass is 16.2. The second-order valence-electron chi connectivity index (χ2n) is 14.4. The Balaban J connectivity index is 0.792. The molecule has 55 heavy (non-hydrogen) atoms. The van der Waals surface area contributed by atoms with Crippen LogP contribution >= 0.6 is 0 Å². The Morgan fingerprint density at radius 1 is 0.964 bits per heavy atom. The van der Waals surface area contributed by atoms with Gasteiger partial charge in [0.15, 0.2) is 0 Å². The fourth-order valence-electron chi connectivity index (χ4n) is 7.63. The first-order valence-corrected chi connectivity index (χ1v) is 18.8. The topological polar surface area (TPSA) is 187 Å². The summed E-state index contributed by atoms with van der Waals surface area (Å²) in [6, 6.07) is 17.6. The van der Waals surface area contributed by atoms with Crippen LogP contribution in [0.5, 0.6) is 0 Å². The molecule has 282 valence electrons. The highest BCUT2D eigenvalue weighted by molar-refractivity contribution is 6.25. The van der Waals surface area contributed by atoms with Crippen LogP contribution in [0.3, 0.4) is 0 Å². The van der Waals surface area contributed by atoms with E-state index in [0.29, 0.717) is 41.8 Å². The third-order valence-corrected chi connectivity index (χ3v) is 10.7. The van der Waals surface area contributed by atoms with Crippen LogP contribution in [0.15, 0.2) is 66.9 Å². The molecule has 0 spiro atoms. The Morgan fingerprint density at radius 3 is 2.62 bits per heavy atom. The monoisotopic (exact) mass is 742 g/mol. The highest BCUT2D eigenvalue weighted by Crippen LogP contribution is 2.32. The number of rotatable bonds is 13. The van der Waals surface area contributed by atoms with Crippen LogP contribution in [0, 0.1) is 0 Å². The van der Waals surface area contributed by atoms with E-state index in [-0.39, 0.29) is 29.9 Å². The van der Waals surface area contributed by atoms with Crippen molar-refractivity contribution >= 4 is 51.9 Å². The summed E-state index contributed by atoms with van der Waals surface area (Å²) in [5.74, 6) is -1.37. The molecule has 15 heteroatoms. The minimum absolute atomic E-state index is 0.0733. The first-order valence-electron chi connectivity index (χ1n) is 18.8. The van der Waals surface area contributed by atoms with Crippen molar-refractivity contribution < 1.29 is 24.0 Å². The molecule has 1 unspecified atom stereocenters. The molecule has 4 N–H and O–H groups in total. The summed E-state index contributed by atoms with van der Waals surface area (Å²) in [6.07, 6.45) is 7.04. The van der Waals surface area contributed by atoms with Gasteiger partial charge in [-0.3, -0.25) is 43.8 Å². The Bertz CT molecular complexity index is 2300. The largest absolute Gasteiger partial charge is 0.384 e. The summed E-state index contributed by atoms with van der Waals surface area (Å²) in [5.41, 5.74) is 5.60. The van der Waals surface area contributed by atoms with Gasteiger partial charge in [0, 0.05) is 48.1 Å². The normalized spacial score (nSPS) is 18.6. The number of benzene rings is 3. The number of nitrogens with zero attached hydrogens (tertiary/aromatic N) is 6. The van der Waals surface area contributed by atoms with E-state index >= 15 is 0 Å². The van der Waals surface area contributed by atoms with Crippen LogP contribution in [-0.4, -0.2) is 89.5 Å². The van der Waals surface area contributed by atoms with E-state index in [1.54, 1.807) is 35.0 Å². The lowest BCUT2D eigenvalue weighted by molar-refractivity contribution is -0.136. The molecule has 15 nitrogen and oxygen atoms in total. The Hall–Kier alpha value is -6.22. The number of piperidine rings is 1. The maximum atomic E-state index is 13.3. The Kier molecular flexibility index (Phi) is 9.93. The molecule has 5 heterocycles. The molecular weight excluding hydrogens is 701 g/mol. The van der Waals surface area contributed by atoms with Crippen LogP contribution in [0.2, 0.25) is 0 Å². The Labute approximate surface area is 316 Å². The zero-order valence-electron chi connectivity index (χ0n) is 30.5. The van der Waals surface area contributed by atoms with Crippen molar-refractivity contribution in [3.05, 3.63) is 89.4 Å². The maximum Gasteiger partial charge on any atom is 0.264 e. The van der Waals surface area contributed by atoms with Gasteiger partial charge in [0.05, 0.1) is 34.9 Å². The number of carbonyl (C=O) groups excluding carboxylic acids is 5. The quantitative estimate of drug-likeness (QED) is 0.0970. The van der Waals surface area contributed by atoms with E-state index in [2.05, 4.69) is 43.1 Å². The molecule has 8 rings (SSSR count). The predicted molar refractivity (Wildman–Crippen MR) is 204 cm³/mol. The first-order chi connectivity index (χ1) is 26.7. The minimum atomic E-state index is -1.00. The zero-order valence-corrected chi connectivity index (χ0v) is 30.5. The van der Waals surface area contributed by atoms with E-state index in [1.165, 1.54) is 12.8 Å². The van der Waals surface area contributed by atoms with Crippen molar-refractivity contribution in [3.8, 4) is 11.3 Å². The second-order valence-corrected chi connectivity index (χ2v) is 14.4. The molecule has 5 amide bonds. The number of H-pyrrole nitrogens is 1. The van der Waals surface area contributed by atoms with Crippen LogP contribution in [0.1, 0.15) is 88.8 Å². The number of aromatic nitrogens is 5. The van der Waals surface area contributed by atoms with Crippen molar-refractivity contribution in [1.82, 2.24) is 40.1 Å². The summed E-state index contributed by atoms with van der Waals surface area (Å²) < 4.78 is 1.80. The minimum Gasteiger partial charge on any atom is -0.384 e. The SMILES string of the molecule is C[C@H]1CCCN1Cc1nc2ccc(NC(=O)c3ccc(-c4cn(CCCCCNc5cccc6c5C(=O)N(C5CCC(=O)NC5=O)C6=O)nn4)cc3)cc2[nH]1. The molecule has 2 atom stereocenters. The van der Waals surface area contributed by atoms with Gasteiger partial charge >= 0.3 is 0 Å². The van der Waals surface area contributed by atoms with Crippen molar-refractivity contribution in [1.29, 1.82) is 0 Å². The smallest absolute Gasteiger partial charge is 0.264 e. The molecule has 0 saturated carbocycles. The number of fused-ring (bicyclic) bond motifs is 2. The van der Waals surface area contributed by atoms with E-state index < -0.39 is 29.7 Å². The molecule has 5 aromatic rings. The average Bonchev–Trinajstić information content (AvgIpc) is 3.97. The molecular formula is C40H42N10O5. The molecule has 2 saturated heterocycles. The lowest BCUT2D eigenvalue weighted by Gasteiger charge is -2.27. The molecule has 0 aliphatic carbocycles. The Morgan fingerprint density at radius 2 is 1.82 bits per heavy atom. The second kappa shape index (κ2) is 15.3. The van der Waals surface area contributed by atoms with Crippen LogP contribution in [0.25, 0.3) is 22.3 Å². The number of imide groups is 2. The number of aryl methyl sites for hydroxylation is 1. The maximum absolute atomic E-state index is 13.3. The third-order valence-electron chi connectivity index (χ3n) is 10.7. The molecule has 0 bridgehead atoms. The van der Waals surface area contributed by atoms with Gasteiger partial charge in [-0.15, -0.1) is 5.10 Å². The summed E-state index contributed by atoms with van der Waals surface area (Å²) >= 11 is 0. The summed E-state index contributed by atoms with van der Waals surface area (Å²) in [6.45, 7) is 5.38. The number of hydrogen-bond acceptors (Lipinski definition) is 10. The number of carbonyl (C=O) groups is 5. The summed E-state index contributed by atoms with van der Waals surface area (Å²) in [5, 5.41) is 17.1. The number of hydrogen-bond donors (Lipinski definition) is 4. The summed E-state index contributed by atoms with van der Waals surface area (Å²) in [7, 11) is 0. The fraction of sp³-hybridized carbons (Fsp3) is 0.350. The number of aromatic amines is 1. The van der Waals surface area contributed by atoms with Gasteiger partial charge in [-0.2, -0.15) is 0 Å². The van der Waals surface area contributed by atoms with Gasteiger partial charge < -0.3 is 15.6 Å². The predicted octanol–water partition coefficient (Wildman–Crippen LogP) is 4.74. The molecule has 2 aromatic heterocycles. The van der Waals surface area contributed by atoms with Crippen LogP contribution in [-0.2, 0) is 22.7 Å². The number of amides is 5. The van der Waals surface area contributed by atoms with Gasteiger partial charge in [-0.1, -0.05) is 23.4 Å². The molecule has 2 fully saturated rings. The third kappa shape index (κ3) is 7.47. The number of imidazole rings is 1. The van der Waals surface area contributed by atoms with Crippen molar-refractivity contribution in [2.24, 2.45) is 0 Å². The molecule has 3 aromatic carbocycles. The van der Waals surface area contributed by atoms with E-state index in [0.717, 1.165) is 59.7 Å². The summed E-state index contributed by atoms with van der Waals surface area (Å²) in [4.78, 5) is 75.0. The molecule has 0 radical (unpaired) electrons. The molecule has 3 aliphatic rings. The standard InChI is InChI=1S/C40H42N10O5/c1-24-7-6-19-48(24)23-34-43-29-15-14-27(21-31(29)44-34)42-37(52)26-12-10-25(11-13-26)32-22-49(47-46-32)20-4-2-3-18-41-30-9-5-8-28-36(30)40(55)50(39(28)54)33-16-17-35(51)45-38(33)53/h5,8-15,21-22,24,33,41H,2-4,6-7,16-20,23H2,1H3,(H,42,52)(H,43,44)(H,45,51,53)/t24-,33?/m0/s1. The van der Waals surface area contributed by atoms with Gasteiger partial charge in [0.25, 0.3) is 17.7 Å². The zero-order chi connectivity index (χ0) is 38.1. The van der Waals surface area contributed by atoms with Gasteiger partial charge in [-0.05, 0) is 94.5 Å². The van der Waals surface area contributed by atoms with Gasteiger partial charge in [-0.25, -0.2) is 4.98 Å². The van der Waals surface area contributed by atoms with Gasteiger partial charge in [0.2, 0.25) is 11.8 Å². The highest BCUT2D eigenvalue weighted by Gasteiger charge is 2.45. The lowest BCUT2D eigenvalue weighted by Crippen LogP contribution is -2.54. The van der Waals surface area contributed by atoms with E-state index in [9.17, 15) is 24.0 Å². The van der Waals surface area contributed by atoms with Crippen LogP contribution in [0.4, 0.5) is 11.4 Å². The number of unbranched alkanes of at least 4 members (excludes halogenated alkanes) is 2.